The molecule has 0 atom stereocenters. The molecule has 26 heavy (non-hydrogen) atoms. The number of halogens is 1. The van der Waals surface area contributed by atoms with Crippen molar-refractivity contribution in [1.29, 1.82) is 0 Å². The largest absolute Gasteiger partial charge is 0.493 e. The molecule has 0 aliphatic heterocycles. The quantitative estimate of drug-likeness (QED) is 0.558. The van der Waals surface area contributed by atoms with Crippen molar-refractivity contribution >= 4 is 5.96 Å². The Morgan fingerprint density at radius 2 is 1.77 bits per heavy atom. The molecule has 0 spiro atoms. The van der Waals surface area contributed by atoms with Crippen LogP contribution in [0.25, 0.3) is 0 Å². The predicted molar refractivity (Wildman–Crippen MR) is 98.8 cm³/mol. The fourth-order valence-electron chi connectivity index (χ4n) is 2.41. The third kappa shape index (κ3) is 5.35. The number of ether oxygens (including phenoxy) is 3. The van der Waals surface area contributed by atoms with E-state index < -0.39 is 0 Å². The number of benzene rings is 2. The van der Waals surface area contributed by atoms with E-state index in [0.29, 0.717) is 36.1 Å². The molecular formula is C19H24FN3O3. The molecule has 0 bridgehead atoms. The molecule has 0 saturated heterocycles. The lowest BCUT2D eigenvalue weighted by atomic mass is 10.1. The Kier molecular flexibility index (Phi) is 7.23. The molecule has 3 N–H and O–H groups in total. The summed E-state index contributed by atoms with van der Waals surface area (Å²) in [5, 5.41) is 3.04. The summed E-state index contributed by atoms with van der Waals surface area (Å²) in [6, 6.07) is 10.4. The van der Waals surface area contributed by atoms with Gasteiger partial charge < -0.3 is 25.3 Å². The average Bonchev–Trinajstić information content (AvgIpc) is 2.66. The van der Waals surface area contributed by atoms with Gasteiger partial charge in [0.2, 0.25) is 0 Å². The molecule has 0 heterocycles. The van der Waals surface area contributed by atoms with Crippen LogP contribution in [0.15, 0.2) is 41.4 Å². The second-order valence-corrected chi connectivity index (χ2v) is 5.60. The zero-order valence-corrected chi connectivity index (χ0v) is 15.2. The van der Waals surface area contributed by atoms with E-state index in [0.717, 1.165) is 11.1 Å². The summed E-state index contributed by atoms with van der Waals surface area (Å²) in [5.74, 6) is 1.33. The van der Waals surface area contributed by atoms with E-state index >= 15 is 0 Å². The Morgan fingerprint density at radius 3 is 2.46 bits per heavy atom. The minimum Gasteiger partial charge on any atom is -0.493 e. The number of hydrogen-bond donors (Lipinski definition) is 2. The first kappa shape index (κ1) is 19.5. The second kappa shape index (κ2) is 9.62. The molecule has 0 saturated carbocycles. The van der Waals surface area contributed by atoms with E-state index in [1.165, 1.54) is 13.2 Å². The fourth-order valence-corrected chi connectivity index (χ4v) is 2.41. The Bertz CT molecular complexity index is 766. The molecule has 0 amide bonds. The van der Waals surface area contributed by atoms with Crippen molar-refractivity contribution in [3.8, 4) is 11.5 Å². The number of guanidine groups is 1. The van der Waals surface area contributed by atoms with Crippen molar-refractivity contribution in [3.63, 3.8) is 0 Å². The average molecular weight is 361 g/mol. The summed E-state index contributed by atoms with van der Waals surface area (Å²) >= 11 is 0. The van der Waals surface area contributed by atoms with Crippen molar-refractivity contribution in [2.24, 2.45) is 10.7 Å². The van der Waals surface area contributed by atoms with E-state index in [4.69, 9.17) is 19.9 Å². The highest BCUT2D eigenvalue weighted by Crippen LogP contribution is 2.27. The molecule has 140 valence electrons. The van der Waals surface area contributed by atoms with Gasteiger partial charge in [0.15, 0.2) is 17.5 Å². The smallest absolute Gasteiger partial charge is 0.189 e. The molecule has 7 heteroatoms. The van der Waals surface area contributed by atoms with Gasteiger partial charge >= 0.3 is 0 Å². The third-order valence-electron chi connectivity index (χ3n) is 3.76. The number of hydrogen-bond acceptors (Lipinski definition) is 4. The number of methoxy groups -OCH3 is 3. The van der Waals surface area contributed by atoms with Gasteiger partial charge in [-0.05, 0) is 35.4 Å². The zero-order valence-electron chi connectivity index (χ0n) is 15.2. The van der Waals surface area contributed by atoms with Crippen LogP contribution < -0.4 is 20.5 Å². The minimum atomic E-state index is -0.292. The number of nitrogens with one attached hydrogen (secondary N) is 1. The monoisotopic (exact) mass is 361 g/mol. The maximum absolute atomic E-state index is 13.6. The number of nitrogens with two attached hydrogens (primary N) is 1. The van der Waals surface area contributed by atoms with Crippen LogP contribution in [-0.4, -0.2) is 27.3 Å². The van der Waals surface area contributed by atoms with Crippen LogP contribution in [0.2, 0.25) is 0 Å². The molecule has 0 radical (unpaired) electrons. The normalized spacial score (nSPS) is 11.3. The van der Waals surface area contributed by atoms with Crippen LogP contribution in [0, 0.1) is 5.82 Å². The molecule has 2 aromatic rings. The summed E-state index contributed by atoms with van der Waals surface area (Å²) in [5.41, 5.74) is 8.24. The lowest BCUT2D eigenvalue weighted by molar-refractivity contribution is 0.181. The van der Waals surface area contributed by atoms with Crippen LogP contribution in [0.3, 0.4) is 0 Å². The van der Waals surface area contributed by atoms with Gasteiger partial charge in [0, 0.05) is 19.2 Å². The minimum absolute atomic E-state index is 0.219. The van der Waals surface area contributed by atoms with Gasteiger partial charge in [-0.3, -0.25) is 0 Å². The Labute approximate surface area is 152 Å². The van der Waals surface area contributed by atoms with E-state index in [1.807, 2.05) is 18.2 Å². The zero-order chi connectivity index (χ0) is 18.9. The standard InChI is InChI=1S/C19H24FN3O3/c1-24-12-15-8-13(4-6-16(15)20)10-22-19(21)23-11-14-5-7-17(25-2)18(9-14)26-3/h4-9H,10-12H2,1-3H3,(H3,21,22,23). The summed E-state index contributed by atoms with van der Waals surface area (Å²) in [4.78, 5) is 4.28. The molecule has 2 rings (SSSR count). The molecular weight excluding hydrogens is 337 g/mol. The summed E-state index contributed by atoms with van der Waals surface area (Å²) in [6.45, 7) is 1.06. The van der Waals surface area contributed by atoms with Crippen LogP contribution in [0.1, 0.15) is 16.7 Å². The predicted octanol–water partition coefficient (Wildman–Crippen LogP) is 2.59. The highest BCUT2D eigenvalue weighted by atomic mass is 19.1. The van der Waals surface area contributed by atoms with Crippen LogP contribution in [0.4, 0.5) is 4.39 Å². The van der Waals surface area contributed by atoms with Gasteiger partial charge in [-0.25, -0.2) is 9.38 Å². The van der Waals surface area contributed by atoms with Gasteiger partial charge in [0.05, 0.1) is 27.4 Å². The van der Waals surface area contributed by atoms with Crippen molar-refractivity contribution in [3.05, 3.63) is 58.9 Å². The molecule has 0 aromatic heterocycles. The molecule has 0 aliphatic rings. The highest BCUT2D eigenvalue weighted by molar-refractivity contribution is 5.77. The first-order chi connectivity index (χ1) is 12.6. The fraction of sp³-hybridized carbons (Fsp3) is 0.316. The van der Waals surface area contributed by atoms with Crippen molar-refractivity contribution in [2.45, 2.75) is 19.7 Å². The van der Waals surface area contributed by atoms with Gasteiger partial charge in [-0.1, -0.05) is 12.1 Å². The lowest BCUT2D eigenvalue weighted by Gasteiger charge is -2.11. The van der Waals surface area contributed by atoms with Crippen LogP contribution in [0.5, 0.6) is 11.5 Å². The van der Waals surface area contributed by atoms with E-state index in [1.54, 1.807) is 26.4 Å². The third-order valence-corrected chi connectivity index (χ3v) is 3.76. The maximum atomic E-state index is 13.6. The molecule has 0 fully saturated rings. The highest BCUT2D eigenvalue weighted by Gasteiger charge is 2.05. The van der Waals surface area contributed by atoms with Gasteiger partial charge in [-0.2, -0.15) is 0 Å². The second-order valence-electron chi connectivity index (χ2n) is 5.60. The van der Waals surface area contributed by atoms with Crippen LogP contribution >= 0.6 is 0 Å². The molecule has 2 aromatic carbocycles. The SMILES string of the molecule is COCc1cc(CN=C(N)NCc2ccc(OC)c(OC)c2)ccc1F. The summed E-state index contributed by atoms with van der Waals surface area (Å²) < 4.78 is 29.1. The Balaban J connectivity index is 1.95. The van der Waals surface area contributed by atoms with Crippen molar-refractivity contribution < 1.29 is 18.6 Å². The number of nitrogens with zero attached hydrogens (tertiary/aromatic N) is 1. The number of aliphatic imine (C=N–C) groups is 1. The molecule has 0 aliphatic carbocycles. The summed E-state index contributed by atoms with van der Waals surface area (Å²) in [7, 11) is 4.71. The number of rotatable bonds is 8. The maximum Gasteiger partial charge on any atom is 0.189 e. The van der Waals surface area contributed by atoms with E-state index in [2.05, 4.69) is 10.3 Å². The van der Waals surface area contributed by atoms with Crippen LogP contribution in [-0.2, 0) is 24.4 Å². The summed E-state index contributed by atoms with van der Waals surface area (Å²) in [6.07, 6.45) is 0. The first-order valence-electron chi connectivity index (χ1n) is 8.08. The van der Waals surface area contributed by atoms with Gasteiger partial charge in [0.25, 0.3) is 0 Å². The topological polar surface area (TPSA) is 78.1 Å². The van der Waals surface area contributed by atoms with Gasteiger partial charge in [-0.15, -0.1) is 0 Å². The van der Waals surface area contributed by atoms with Crippen molar-refractivity contribution in [1.82, 2.24) is 5.32 Å². The van der Waals surface area contributed by atoms with E-state index in [9.17, 15) is 4.39 Å². The van der Waals surface area contributed by atoms with E-state index in [-0.39, 0.29) is 12.4 Å². The van der Waals surface area contributed by atoms with Crippen molar-refractivity contribution in [2.75, 3.05) is 21.3 Å². The Morgan fingerprint density at radius 1 is 1.04 bits per heavy atom. The first-order valence-corrected chi connectivity index (χ1v) is 8.08. The molecule has 0 unspecified atom stereocenters. The lowest BCUT2D eigenvalue weighted by Crippen LogP contribution is -2.31. The molecule has 6 nitrogen and oxygen atoms in total. The Hall–Kier alpha value is -2.80. The van der Waals surface area contributed by atoms with Gasteiger partial charge in [0.1, 0.15) is 5.82 Å².